The summed E-state index contributed by atoms with van der Waals surface area (Å²) in [6, 6.07) is 3.94. The van der Waals surface area contributed by atoms with Crippen molar-refractivity contribution < 1.29 is 23.4 Å². The third kappa shape index (κ3) is 1.88. The van der Waals surface area contributed by atoms with E-state index in [4.69, 9.17) is 5.11 Å². The Morgan fingerprint density at radius 1 is 1.35 bits per heavy atom. The van der Waals surface area contributed by atoms with Gasteiger partial charge in [0.1, 0.15) is 10.6 Å². The minimum atomic E-state index is -3.49. The number of aliphatic carboxylic acids is 1. The molecule has 0 heterocycles. The van der Waals surface area contributed by atoms with Crippen molar-refractivity contribution in [1.29, 1.82) is 0 Å². The predicted molar refractivity (Wildman–Crippen MR) is 59.8 cm³/mol. The monoisotopic (exact) mass is 256 g/mol. The van der Waals surface area contributed by atoms with E-state index in [1.54, 1.807) is 0 Å². The molecule has 1 aliphatic rings. The third-order valence-corrected chi connectivity index (χ3v) is 4.21. The lowest BCUT2D eigenvalue weighted by Gasteiger charge is -2.11. The fourth-order valence-corrected chi connectivity index (χ4v) is 2.63. The summed E-state index contributed by atoms with van der Waals surface area (Å²) in [7, 11) is -3.49. The molecular weight excluding hydrogens is 244 g/mol. The van der Waals surface area contributed by atoms with Crippen molar-refractivity contribution in [2.45, 2.75) is 23.2 Å². The Balaban J connectivity index is 2.49. The van der Waals surface area contributed by atoms with Crippen LogP contribution in [-0.4, -0.2) is 30.9 Å². The molecule has 0 amide bonds. The van der Waals surface area contributed by atoms with Crippen LogP contribution in [0.3, 0.4) is 0 Å². The SMILES string of the molecule is CS(=O)(=O)c1ccc(C2(C(=O)O)CC2)cc1O. The smallest absolute Gasteiger partial charge is 0.314 e. The highest BCUT2D eigenvalue weighted by Crippen LogP contribution is 2.49. The van der Waals surface area contributed by atoms with Gasteiger partial charge in [0, 0.05) is 6.26 Å². The average Bonchev–Trinajstić information content (AvgIpc) is 2.95. The Morgan fingerprint density at radius 2 is 1.94 bits per heavy atom. The number of sulfone groups is 1. The Labute approximate surface area is 98.6 Å². The molecule has 2 N–H and O–H groups in total. The first-order valence-electron chi connectivity index (χ1n) is 5.04. The van der Waals surface area contributed by atoms with Crippen molar-refractivity contribution in [3.63, 3.8) is 0 Å². The summed E-state index contributed by atoms with van der Waals surface area (Å²) in [4.78, 5) is 10.9. The number of carboxylic acids is 1. The molecule has 5 nitrogen and oxygen atoms in total. The Morgan fingerprint density at radius 3 is 2.29 bits per heavy atom. The van der Waals surface area contributed by atoms with Gasteiger partial charge in [-0.15, -0.1) is 0 Å². The molecule has 92 valence electrons. The highest BCUT2D eigenvalue weighted by molar-refractivity contribution is 7.90. The van der Waals surface area contributed by atoms with Crippen molar-refractivity contribution in [1.82, 2.24) is 0 Å². The van der Waals surface area contributed by atoms with Crippen molar-refractivity contribution in [3.8, 4) is 5.75 Å². The highest BCUT2D eigenvalue weighted by Gasteiger charge is 2.52. The van der Waals surface area contributed by atoms with Crippen LogP contribution >= 0.6 is 0 Å². The summed E-state index contributed by atoms with van der Waals surface area (Å²) in [5, 5.41) is 18.7. The molecule has 2 rings (SSSR count). The second kappa shape index (κ2) is 3.46. The summed E-state index contributed by atoms with van der Waals surface area (Å²) in [6.45, 7) is 0. The minimum absolute atomic E-state index is 0.178. The van der Waals surface area contributed by atoms with Gasteiger partial charge in [0.2, 0.25) is 0 Å². The standard InChI is InChI=1S/C11H12O5S/c1-17(15,16)9-3-2-7(6-8(9)12)11(4-5-11)10(13)14/h2-3,6,12H,4-5H2,1H3,(H,13,14). The van der Waals surface area contributed by atoms with E-state index in [2.05, 4.69) is 0 Å². The molecule has 1 aliphatic carbocycles. The van der Waals surface area contributed by atoms with Crippen molar-refractivity contribution in [3.05, 3.63) is 23.8 Å². The topological polar surface area (TPSA) is 91.7 Å². The molecular formula is C11H12O5S. The van der Waals surface area contributed by atoms with Crippen LogP contribution in [0.5, 0.6) is 5.75 Å². The van der Waals surface area contributed by atoms with Crippen molar-refractivity contribution in [2.75, 3.05) is 6.26 Å². The predicted octanol–water partition coefficient (Wildman–Crippen LogP) is 0.912. The van der Waals surface area contributed by atoms with Gasteiger partial charge in [-0.3, -0.25) is 4.79 Å². The summed E-state index contributed by atoms with van der Waals surface area (Å²) in [6.07, 6.45) is 2.02. The summed E-state index contributed by atoms with van der Waals surface area (Å²) >= 11 is 0. The third-order valence-electron chi connectivity index (χ3n) is 3.07. The van der Waals surface area contributed by atoms with Crippen LogP contribution < -0.4 is 0 Å². The van der Waals surface area contributed by atoms with Crippen LogP contribution in [0.2, 0.25) is 0 Å². The molecule has 1 fully saturated rings. The van der Waals surface area contributed by atoms with E-state index in [-0.39, 0.29) is 4.90 Å². The maximum Gasteiger partial charge on any atom is 0.314 e. The molecule has 1 saturated carbocycles. The summed E-state index contributed by atoms with van der Waals surface area (Å²) < 4.78 is 22.6. The molecule has 0 spiro atoms. The van der Waals surface area contributed by atoms with Gasteiger partial charge in [0.25, 0.3) is 0 Å². The van der Waals surface area contributed by atoms with E-state index in [0.717, 1.165) is 6.26 Å². The summed E-state index contributed by atoms with van der Waals surface area (Å²) in [5.74, 6) is -1.33. The zero-order valence-electron chi connectivity index (χ0n) is 9.17. The second-order valence-electron chi connectivity index (χ2n) is 4.34. The van der Waals surface area contributed by atoms with E-state index < -0.39 is 27.0 Å². The molecule has 1 aromatic rings. The van der Waals surface area contributed by atoms with Gasteiger partial charge in [0.05, 0.1) is 5.41 Å². The first kappa shape index (κ1) is 11.9. The molecule has 0 saturated heterocycles. The van der Waals surface area contributed by atoms with Crippen molar-refractivity contribution in [2.24, 2.45) is 0 Å². The molecule has 0 unspecified atom stereocenters. The number of rotatable bonds is 3. The number of carboxylic acid groups (broad SMARTS) is 1. The van der Waals surface area contributed by atoms with Crippen LogP contribution in [0.1, 0.15) is 18.4 Å². The Bertz CT molecular complexity index is 584. The maximum absolute atomic E-state index is 11.3. The first-order valence-corrected chi connectivity index (χ1v) is 6.93. The lowest BCUT2D eigenvalue weighted by molar-refractivity contribution is -0.140. The van der Waals surface area contributed by atoms with Gasteiger partial charge >= 0.3 is 5.97 Å². The van der Waals surface area contributed by atoms with Crippen LogP contribution in [0.15, 0.2) is 23.1 Å². The van der Waals surface area contributed by atoms with Crippen molar-refractivity contribution >= 4 is 15.8 Å². The van der Waals surface area contributed by atoms with E-state index in [0.29, 0.717) is 18.4 Å². The largest absolute Gasteiger partial charge is 0.507 e. The quantitative estimate of drug-likeness (QED) is 0.838. The van der Waals surface area contributed by atoms with E-state index in [1.165, 1.54) is 18.2 Å². The minimum Gasteiger partial charge on any atom is -0.507 e. The molecule has 6 heteroatoms. The molecule has 0 aliphatic heterocycles. The lowest BCUT2D eigenvalue weighted by Crippen LogP contribution is -2.19. The molecule has 0 aromatic heterocycles. The molecule has 1 aromatic carbocycles. The number of phenolic OH excluding ortho intramolecular Hbond substituents is 1. The Hall–Kier alpha value is -1.56. The number of hydrogen-bond donors (Lipinski definition) is 2. The number of benzene rings is 1. The van der Waals surface area contributed by atoms with Gasteiger partial charge in [-0.05, 0) is 30.5 Å². The lowest BCUT2D eigenvalue weighted by atomic mass is 9.96. The number of aromatic hydroxyl groups is 1. The van der Waals surface area contributed by atoms with E-state index >= 15 is 0 Å². The highest BCUT2D eigenvalue weighted by atomic mass is 32.2. The normalized spacial score (nSPS) is 17.7. The van der Waals surface area contributed by atoms with E-state index in [1.807, 2.05) is 0 Å². The fourth-order valence-electron chi connectivity index (χ4n) is 1.88. The van der Waals surface area contributed by atoms with Crippen LogP contribution in [-0.2, 0) is 20.0 Å². The number of hydrogen-bond acceptors (Lipinski definition) is 4. The molecule has 0 radical (unpaired) electrons. The van der Waals surface area contributed by atoms with Gasteiger partial charge in [0.15, 0.2) is 9.84 Å². The number of phenols is 1. The average molecular weight is 256 g/mol. The van der Waals surface area contributed by atoms with Crippen LogP contribution in [0.25, 0.3) is 0 Å². The summed E-state index contributed by atoms with van der Waals surface area (Å²) in [5.41, 5.74) is -0.483. The maximum atomic E-state index is 11.3. The molecule has 0 bridgehead atoms. The number of carbonyl (C=O) groups is 1. The van der Waals surface area contributed by atoms with Crippen LogP contribution in [0.4, 0.5) is 0 Å². The second-order valence-corrected chi connectivity index (χ2v) is 6.33. The van der Waals surface area contributed by atoms with Crippen LogP contribution in [0, 0.1) is 0 Å². The van der Waals surface area contributed by atoms with Gasteiger partial charge < -0.3 is 10.2 Å². The van der Waals surface area contributed by atoms with Gasteiger partial charge in [-0.2, -0.15) is 0 Å². The zero-order chi connectivity index (χ0) is 12.8. The first-order chi connectivity index (χ1) is 7.77. The van der Waals surface area contributed by atoms with E-state index in [9.17, 15) is 18.3 Å². The van der Waals surface area contributed by atoms with Gasteiger partial charge in [-0.1, -0.05) is 6.07 Å². The van der Waals surface area contributed by atoms with Gasteiger partial charge in [-0.25, -0.2) is 8.42 Å². The Kier molecular flexibility index (Phi) is 2.43. The zero-order valence-corrected chi connectivity index (χ0v) is 9.99. The fraction of sp³-hybridized carbons (Fsp3) is 0.364. The molecule has 17 heavy (non-hydrogen) atoms. The molecule has 0 atom stereocenters.